The molecule has 12 heavy (non-hydrogen) atoms. The van der Waals surface area contributed by atoms with E-state index in [1.54, 1.807) is 0 Å². The smallest absolute Gasteiger partial charge is 0.0622 e. The third kappa shape index (κ3) is 2.88. The fraction of sp³-hybridized carbons (Fsp3) is 0.778. The average Bonchev–Trinajstić information content (AvgIpc) is 2.04. The molecule has 3 heteroatoms. The summed E-state index contributed by atoms with van der Waals surface area (Å²) in [5.41, 5.74) is 0. The number of morpholine rings is 1. The van der Waals surface area contributed by atoms with Crippen molar-refractivity contribution in [1.82, 2.24) is 4.90 Å². The van der Waals surface area contributed by atoms with Gasteiger partial charge in [0.05, 0.1) is 13.2 Å². The molecule has 70 valence electrons. The van der Waals surface area contributed by atoms with Crippen LogP contribution in [0.4, 0.5) is 0 Å². The summed E-state index contributed by atoms with van der Waals surface area (Å²) >= 11 is 3.39. The summed E-state index contributed by atoms with van der Waals surface area (Å²) < 4.78 is 6.46. The topological polar surface area (TPSA) is 12.5 Å². The van der Waals surface area contributed by atoms with Gasteiger partial charge in [-0.1, -0.05) is 29.4 Å². The lowest BCUT2D eigenvalue weighted by Gasteiger charge is -2.34. The Morgan fingerprint density at radius 2 is 2.50 bits per heavy atom. The highest BCUT2D eigenvalue weighted by Crippen LogP contribution is 2.13. The van der Waals surface area contributed by atoms with E-state index in [9.17, 15) is 0 Å². The summed E-state index contributed by atoms with van der Waals surface area (Å²) in [4.78, 5) is 2.42. The molecule has 0 aromatic carbocycles. The maximum atomic E-state index is 5.40. The first-order chi connectivity index (χ1) is 5.74. The van der Waals surface area contributed by atoms with E-state index in [1.165, 1.54) is 0 Å². The lowest BCUT2D eigenvalue weighted by atomic mass is 10.2. The molecule has 1 aliphatic heterocycles. The molecule has 1 fully saturated rings. The van der Waals surface area contributed by atoms with E-state index in [1.807, 2.05) is 0 Å². The molecule has 0 saturated carbocycles. The molecule has 0 aromatic heterocycles. The second-order valence-electron chi connectivity index (χ2n) is 3.12. The van der Waals surface area contributed by atoms with Crippen LogP contribution in [0.2, 0.25) is 0 Å². The van der Waals surface area contributed by atoms with E-state index in [4.69, 9.17) is 4.74 Å². The molecule has 0 N–H and O–H groups in total. The summed E-state index contributed by atoms with van der Waals surface area (Å²) in [6.07, 6.45) is 1.15. The van der Waals surface area contributed by atoms with Gasteiger partial charge in [-0.25, -0.2) is 0 Å². The van der Waals surface area contributed by atoms with Gasteiger partial charge < -0.3 is 4.74 Å². The SMILES string of the molecule is C=C(Br)CN1CCOCC1CC. The molecule has 0 bridgehead atoms. The highest BCUT2D eigenvalue weighted by molar-refractivity contribution is 9.11. The minimum absolute atomic E-state index is 0.577. The molecular formula is C9H16BrNO. The van der Waals surface area contributed by atoms with Gasteiger partial charge in [-0.05, 0) is 6.42 Å². The molecule has 0 spiro atoms. The minimum Gasteiger partial charge on any atom is -0.378 e. The largest absolute Gasteiger partial charge is 0.378 e. The second kappa shape index (κ2) is 5.00. The van der Waals surface area contributed by atoms with Crippen molar-refractivity contribution in [2.75, 3.05) is 26.3 Å². The Kier molecular flexibility index (Phi) is 4.26. The first-order valence-electron chi connectivity index (χ1n) is 4.39. The zero-order valence-corrected chi connectivity index (χ0v) is 9.14. The van der Waals surface area contributed by atoms with E-state index in [0.29, 0.717) is 6.04 Å². The Labute approximate surface area is 82.7 Å². The maximum absolute atomic E-state index is 5.40. The maximum Gasteiger partial charge on any atom is 0.0622 e. The Morgan fingerprint density at radius 3 is 3.08 bits per heavy atom. The van der Waals surface area contributed by atoms with Gasteiger partial charge in [-0.2, -0.15) is 0 Å². The van der Waals surface area contributed by atoms with E-state index in [2.05, 4.69) is 34.3 Å². The molecule has 1 unspecified atom stereocenters. The zero-order valence-electron chi connectivity index (χ0n) is 7.55. The number of nitrogens with zero attached hydrogens (tertiary/aromatic N) is 1. The van der Waals surface area contributed by atoms with Crippen molar-refractivity contribution in [2.24, 2.45) is 0 Å². The number of hydrogen-bond donors (Lipinski definition) is 0. The predicted octanol–water partition coefficient (Wildman–Crippen LogP) is 2.01. The van der Waals surface area contributed by atoms with Gasteiger partial charge in [0.1, 0.15) is 0 Å². The van der Waals surface area contributed by atoms with Crippen molar-refractivity contribution in [3.8, 4) is 0 Å². The van der Waals surface area contributed by atoms with Crippen molar-refractivity contribution < 1.29 is 4.74 Å². The third-order valence-electron chi connectivity index (χ3n) is 2.20. The zero-order chi connectivity index (χ0) is 8.97. The molecule has 2 nitrogen and oxygen atoms in total. The van der Waals surface area contributed by atoms with Crippen LogP contribution in [0.3, 0.4) is 0 Å². The fourth-order valence-electron chi connectivity index (χ4n) is 1.49. The van der Waals surface area contributed by atoms with Gasteiger partial charge in [0.15, 0.2) is 0 Å². The van der Waals surface area contributed by atoms with Gasteiger partial charge >= 0.3 is 0 Å². The van der Waals surface area contributed by atoms with E-state index >= 15 is 0 Å². The van der Waals surface area contributed by atoms with Crippen LogP contribution in [0.25, 0.3) is 0 Å². The van der Waals surface area contributed by atoms with Gasteiger partial charge in [0.25, 0.3) is 0 Å². The van der Waals surface area contributed by atoms with Crippen LogP contribution in [0, 0.1) is 0 Å². The van der Waals surface area contributed by atoms with Crippen molar-refractivity contribution in [3.05, 3.63) is 11.1 Å². The van der Waals surface area contributed by atoms with Crippen LogP contribution in [-0.4, -0.2) is 37.2 Å². The number of rotatable bonds is 3. The van der Waals surface area contributed by atoms with Crippen LogP contribution < -0.4 is 0 Å². The molecule has 0 aliphatic carbocycles. The van der Waals surface area contributed by atoms with Crippen LogP contribution in [0.5, 0.6) is 0 Å². The number of ether oxygens (including phenoxy) is 1. The molecule has 0 amide bonds. The molecular weight excluding hydrogens is 218 g/mol. The van der Waals surface area contributed by atoms with Crippen LogP contribution >= 0.6 is 15.9 Å². The molecule has 1 heterocycles. The lowest BCUT2D eigenvalue weighted by molar-refractivity contribution is -0.00301. The number of halogens is 1. The van der Waals surface area contributed by atoms with Crippen molar-refractivity contribution in [1.29, 1.82) is 0 Å². The van der Waals surface area contributed by atoms with Gasteiger partial charge in [0.2, 0.25) is 0 Å². The predicted molar refractivity (Wildman–Crippen MR) is 54.5 cm³/mol. The summed E-state index contributed by atoms with van der Waals surface area (Å²) in [5.74, 6) is 0. The minimum atomic E-state index is 0.577. The van der Waals surface area contributed by atoms with Crippen LogP contribution in [0.15, 0.2) is 11.1 Å². The monoisotopic (exact) mass is 233 g/mol. The van der Waals surface area contributed by atoms with E-state index < -0.39 is 0 Å². The van der Waals surface area contributed by atoms with E-state index in [0.717, 1.165) is 37.2 Å². The Morgan fingerprint density at radius 1 is 1.75 bits per heavy atom. The fourth-order valence-corrected chi connectivity index (χ4v) is 1.82. The standard InChI is InChI=1S/C9H16BrNO/c1-3-9-7-12-5-4-11(9)6-8(2)10/h9H,2-7H2,1H3. The first-order valence-corrected chi connectivity index (χ1v) is 5.18. The van der Waals surface area contributed by atoms with Gasteiger partial charge in [0, 0.05) is 23.6 Å². The average molecular weight is 234 g/mol. The van der Waals surface area contributed by atoms with Crippen molar-refractivity contribution in [2.45, 2.75) is 19.4 Å². The van der Waals surface area contributed by atoms with Crippen molar-refractivity contribution in [3.63, 3.8) is 0 Å². The quantitative estimate of drug-likeness (QED) is 0.740. The highest BCUT2D eigenvalue weighted by Gasteiger charge is 2.20. The molecule has 1 rings (SSSR count). The number of hydrogen-bond acceptors (Lipinski definition) is 2. The normalized spacial score (nSPS) is 25.7. The summed E-state index contributed by atoms with van der Waals surface area (Å²) in [6, 6.07) is 0.577. The third-order valence-corrected chi connectivity index (χ3v) is 2.45. The van der Waals surface area contributed by atoms with Gasteiger partial charge in [-0.15, -0.1) is 0 Å². The first kappa shape index (κ1) is 10.2. The van der Waals surface area contributed by atoms with Gasteiger partial charge in [-0.3, -0.25) is 4.90 Å². The highest BCUT2D eigenvalue weighted by atomic mass is 79.9. The molecule has 1 aliphatic rings. The summed E-state index contributed by atoms with van der Waals surface area (Å²) in [6.45, 7) is 9.76. The van der Waals surface area contributed by atoms with Crippen LogP contribution in [0.1, 0.15) is 13.3 Å². The molecule has 0 radical (unpaired) electrons. The Balaban J connectivity index is 2.41. The summed E-state index contributed by atoms with van der Waals surface area (Å²) in [5, 5.41) is 0. The van der Waals surface area contributed by atoms with Crippen LogP contribution in [-0.2, 0) is 4.74 Å². The lowest BCUT2D eigenvalue weighted by Crippen LogP contribution is -2.45. The molecule has 0 aromatic rings. The second-order valence-corrected chi connectivity index (χ2v) is 4.25. The Bertz CT molecular complexity index is 161. The Hall–Kier alpha value is 0.140. The molecule has 1 saturated heterocycles. The molecule has 1 atom stereocenters. The van der Waals surface area contributed by atoms with E-state index in [-0.39, 0.29) is 0 Å². The summed E-state index contributed by atoms with van der Waals surface area (Å²) in [7, 11) is 0. The van der Waals surface area contributed by atoms with Crippen molar-refractivity contribution >= 4 is 15.9 Å².